The zero-order valence-corrected chi connectivity index (χ0v) is 16.3. The Kier molecular flexibility index (Phi) is 6.07. The number of nitrogens with one attached hydrogen (secondary N) is 2. The minimum atomic E-state index is -1.29. The van der Waals surface area contributed by atoms with E-state index >= 15 is 0 Å². The van der Waals surface area contributed by atoms with Gasteiger partial charge in [-0.15, -0.1) is 11.8 Å². The molecule has 0 spiro atoms. The highest BCUT2D eigenvalue weighted by Gasteiger charge is 2.14. The molecule has 2 heterocycles. The summed E-state index contributed by atoms with van der Waals surface area (Å²) in [5.74, 6) is -1.23. The van der Waals surface area contributed by atoms with Crippen LogP contribution >= 0.6 is 23.1 Å². The maximum absolute atomic E-state index is 13.7. The standard InChI is InChI=1S/C17H18FN5O2S2/c1-9(5-19-16-20-7-10(26-2)8-21-16)6-22-17-23-13-4-12(18)11(15(24)25)3-14(13)27-17/h3-4,7-9H,5-6H2,1-2H3,(H,22,23)(H,24,25)(H,19,20,21)/t9-/m0/s1. The van der Waals surface area contributed by atoms with Gasteiger partial charge in [0.2, 0.25) is 5.95 Å². The first kappa shape index (κ1) is 19.3. The second kappa shape index (κ2) is 8.49. The molecule has 0 fully saturated rings. The number of carboxylic acids is 1. The van der Waals surface area contributed by atoms with Gasteiger partial charge in [0.25, 0.3) is 0 Å². The summed E-state index contributed by atoms with van der Waals surface area (Å²) < 4.78 is 14.4. The molecular formula is C17H18FN5O2S2. The summed E-state index contributed by atoms with van der Waals surface area (Å²) in [7, 11) is 0. The van der Waals surface area contributed by atoms with Crippen molar-refractivity contribution in [1.82, 2.24) is 15.0 Å². The second-order valence-electron chi connectivity index (χ2n) is 5.94. The highest BCUT2D eigenvalue weighted by atomic mass is 32.2. The predicted octanol–water partition coefficient (Wildman–Crippen LogP) is 3.81. The van der Waals surface area contributed by atoms with Crippen LogP contribution in [0.3, 0.4) is 0 Å². The smallest absolute Gasteiger partial charge is 0.338 e. The highest BCUT2D eigenvalue weighted by Crippen LogP contribution is 2.28. The fourth-order valence-corrected chi connectivity index (χ4v) is 3.51. The summed E-state index contributed by atoms with van der Waals surface area (Å²) in [4.78, 5) is 24.8. The minimum Gasteiger partial charge on any atom is -0.478 e. The lowest BCUT2D eigenvalue weighted by Crippen LogP contribution is -2.20. The van der Waals surface area contributed by atoms with E-state index in [0.717, 1.165) is 11.0 Å². The SMILES string of the molecule is CSc1cnc(NC[C@H](C)CNc2nc3cc(F)c(C(=O)O)cc3s2)nc1. The summed E-state index contributed by atoms with van der Waals surface area (Å²) in [6.07, 6.45) is 5.52. The second-order valence-corrected chi connectivity index (χ2v) is 7.85. The van der Waals surface area contributed by atoms with Crippen LogP contribution in [0.4, 0.5) is 15.5 Å². The Hall–Kier alpha value is -2.46. The molecule has 0 amide bonds. The summed E-state index contributed by atoms with van der Waals surface area (Å²) in [5.41, 5.74) is 0.0980. The zero-order valence-electron chi connectivity index (χ0n) is 14.7. The third-order valence-corrected chi connectivity index (χ3v) is 5.44. The molecule has 0 aliphatic heterocycles. The number of fused-ring (bicyclic) bond motifs is 1. The van der Waals surface area contributed by atoms with E-state index in [1.54, 1.807) is 24.2 Å². The van der Waals surface area contributed by atoms with E-state index in [0.29, 0.717) is 34.4 Å². The van der Waals surface area contributed by atoms with Crippen molar-refractivity contribution in [3.05, 3.63) is 35.9 Å². The van der Waals surface area contributed by atoms with E-state index in [1.165, 1.54) is 17.4 Å². The van der Waals surface area contributed by atoms with Crippen molar-refractivity contribution in [3.8, 4) is 0 Å². The molecule has 10 heteroatoms. The van der Waals surface area contributed by atoms with Gasteiger partial charge in [0.05, 0.1) is 15.8 Å². The van der Waals surface area contributed by atoms with Gasteiger partial charge in [-0.1, -0.05) is 18.3 Å². The average molecular weight is 407 g/mol. The van der Waals surface area contributed by atoms with Crippen molar-refractivity contribution in [1.29, 1.82) is 0 Å². The van der Waals surface area contributed by atoms with E-state index < -0.39 is 11.8 Å². The Bertz CT molecular complexity index is 948. The fourth-order valence-electron chi connectivity index (χ4n) is 2.30. The zero-order chi connectivity index (χ0) is 19.4. The fraction of sp³-hybridized carbons (Fsp3) is 0.294. The number of rotatable bonds is 8. The lowest BCUT2D eigenvalue weighted by atomic mass is 10.2. The van der Waals surface area contributed by atoms with Gasteiger partial charge in [-0.3, -0.25) is 0 Å². The van der Waals surface area contributed by atoms with Crippen LogP contribution in [0.5, 0.6) is 0 Å². The molecule has 27 heavy (non-hydrogen) atoms. The molecule has 3 N–H and O–H groups in total. The first-order valence-corrected chi connectivity index (χ1v) is 10.2. The van der Waals surface area contributed by atoms with Gasteiger partial charge in [0.1, 0.15) is 5.82 Å². The monoisotopic (exact) mass is 407 g/mol. The topological polar surface area (TPSA) is 100 Å². The number of carbonyl (C=O) groups is 1. The first-order chi connectivity index (χ1) is 13.0. The number of anilines is 2. The van der Waals surface area contributed by atoms with Gasteiger partial charge in [0, 0.05) is 36.4 Å². The summed E-state index contributed by atoms with van der Waals surface area (Å²) >= 11 is 2.89. The number of benzene rings is 1. The molecule has 7 nitrogen and oxygen atoms in total. The first-order valence-electron chi connectivity index (χ1n) is 8.13. The van der Waals surface area contributed by atoms with E-state index in [1.807, 2.05) is 6.26 Å². The van der Waals surface area contributed by atoms with Crippen molar-refractivity contribution >= 4 is 50.4 Å². The van der Waals surface area contributed by atoms with Crippen LogP contribution in [0, 0.1) is 11.7 Å². The number of thioether (sulfide) groups is 1. The largest absolute Gasteiger partial charge is 0.478 e. The Labute approximate surface area is 163 Å². The number of hydrogen-bond acceptors (Lipinski definition) is 8. The van der Waals surface area contributed by atoms with Gasteiger partial charge in [0.15, 0.2) is 5.13 Å². The molecule has 3 aromatic rings. The van der Waals surface area contributed by atoms with Gasteiger partial charge in [-0.2, -0.15) is 0 Å². The van der Waals surface area contributed by atoms with Crippen LogP contribution in [-0.4, -0.2) is 45.4 Å². The molecule has 142 valence electrons. The number of carboxylic acid groups (broad SMARTS) is 1. The molecule has 1 aromatic carbocycles. The van der Waals surface area contributed by atoms with Crippen molar-refractivity contribution in [3.63, 3.8) is 0 Å². The number of nitrogens with zero attached hydrogens (tertiary/aromatic N) is 3. The summed E-state index contributed by atoms with van der Waals surface area (Å²) in [5, 5.41) is 16.0. The minimum absolute atomic E-state index is 0.257. The summed E-state index contributed by atoms with van der Waals surface area (Å²) in [6.45, 7) is 3.38. The van der Waals surface area contributed by atoms with Gasteiger partial charge < -0.3 is 15.7 Å². The van der Waals surface area contributed by atoms with E-state index in [-0.39, 0.29) is 11.5 Å². The number of hydrogen-bond donors (Lipinski definition) is 3. The van der Waals surface area contributed by atoms with Gasteiger partial charge in [-0.05, 0) is 18.2 Å². The molecule has 0 bridgehead atoms. The summed E-state index contributed by atoms with van der Waals surface area (Å²) in [6, 6.07) is 2.47. The van der Waals surface area contributed by atoms with Crippen LogP contribution < -0.4 is 10.6 Å². The Morgan fingerprint density at radius 1 is 1.30 bits per heavy atom. The van der Waals surface area contributed by atoms with Crippen molar-refractivity contribution in [2.24, 2.45) is 5.92 Å². The Morgan fingerprint density at radius 2 is 2.00 bits per heavy atom. The number of thiazole rings is 1. The molecule has 0 saturated heterocycles. The number of halogens is 1. The van der Waals surface area contributed by atoms with Crippen molar-refractivity contribution in [2.75, 3.05) is 30.0 Å². The third-order valence-electron chi connectivity index (χ3n) is 3.78. The van der Waals surface area contributed by atoms with Gasteiger partial charge >= 0.3 is 5.97 Å². The normalized spacial score (nSPS) is 12.1. The molecule has 0 aliphatic rings. The number of aromatic carboxylic acids is 1. The molecule has 0 radical (unpaired) electrons. The molecule has 2 aromatic heterocycles. The highest BCUT2D eigenvalue weighted by molar-refractivity contribution is 7.98. The lowest BCUT2D eigenvalue weighted by molar-refractivity contribution is 0.0692. The van der Waals surface area contributed by atoms with E-state index in [4.69, 9.17) is 5.11 Å². The van der Waals surface area contributed by atoms with Crippen LogP contribution in [0.2, 0.25) is 0 Å². The van der Waals surface area contributed by atoms with Crippen molar-refractivity contribution < 1.29 is 14.3 Å². The van der Waals surface area contributed by atoms with E-state index in [9.17, 15) is 9.18 Å². The van der Waals surface area contributed by atoms with E-state index in [2.05, 4.69) is 32.5 Å². The molecular weight excluding hydrogens is 389 g/mol. The molecule has 1 atom stereocenters. The molecule has 0 aliphatic carbocycles. The predicted molar refractivity (Wildman–Crippen MR) is 106 cm³/mol. The number of aromatic nitrogens is 3. The maximum Gasteiger partial charge on any atom is 0.338 e. The molecule has 0 unspecified atom stereocenters. The van der Waals surface area contributed by atoms with Crippen LogP contribution in [0.25, 0.3) is 10.2 Å². The molecule has 0 saturated carbocycles. The molecule has 3 rings (SSSR count). The van der Waals surface area contributed by atoms with Crippen molar-refractivity contribution in [2.45, 2.75) is 11.8 Å². The third kappa shape index (κ3) is 4.83. The van der Waals surface area contributed by atoms with Gasteiger partial charge in [-0.25, -0.2) is 24.1 Å². The average Bonchev–Trinajstić information content (AvgIpc) is 3.06. The maximum atomic E-state index is 13.7. The van der Waals surface area contributed by atoms with Crippen LogP contribution in [-0.2, 0) is 0 Å². The Balaban J connectivity index is 1.56. The Morgan fingerprint density at radius 3 is 2.67 bits per heavy atom. The van der Waals surface area contributed by atoms with Crippen LogP contribution in [0.1, 0.15) is 17.3 Å². The quantitative estimate of drug-likeness (QED) is 0.485. The lowest BCUT2D eigenvalue weighted by Gasteiger charge is -2.13. The van der Waals surface area contributed by atoms with Crippen LogP contribution in [0.15, 0.2) is 29.4 Å².